The summed E-state index contributed by atoms with van der Waals surface area (Å²) in [7, 11) is 0. The van der Waals surface area contributed by atoms with E-state index in [1.165, 1.54) is 10.7 Å². The molecule has 0 atom stereocenters. The SMILES string of the molecule is CC(C)(CC(N)=S)n1ncccc1=O. The standard InChI is InChI=1S/C9H13N3OS/c1-9(2,6-7(10)14)12-8(13)4-3-5-11-12/h3-5H,6H2,1-2H3,(H2,10,14). The molecule has 0 amide bonds. The van der Waals surface area contributed by atoms with Gasteiger partial charge in [0.05, 0.1) is 10.5 Å². The fourth-order valence-electron chi connectivity index (χ4n) is 1.31. The Bertz CT molecular complexity index is 397. The molecule has 14 heavy (non-hydrogen) atoms. The maximum atomic E-state index is 11.5. The normalized spacial score (nSPS) is 11.3. The molecule has 0 unspecified atom stereocenters. The summed E-state index contributed by atoms with van der Waals surface area (Å²) in [5, 5.41) is 3.99. The maximum Gasteiger partial charge on any atom is 0.267 e. The lowest BCUT2D eigenvalue weighted by Gasteiger charge is -2.24. The minimum absolute atomic E-state index is 0.145. The molecule has 1 aromatic rings. The second-order valence-corrected chi connectivity index (χ2v) is 4.25. The van der Waals surface area contributed by atoms with Crippen LogP contribution >= 0.6 is 12.2 Å². The van der Waals surface area contributed by atoms with E-state index in [2.05, 4.69) is 5.10 Å². The molecule has 0 aliphatic rings. The highest BCUT2D eigenvalue weighted by molar-refractivity contribution is 7.80. The summed E-state index contributed by atoms with van der Waals surface area (Å²) in [5.74, 6) is 0. The molecule has 4 nitrogen and oxygen atoms in total. The minimum Gasteiger partial charge on any atom is -0.393 e. The maximum absolute atomic E-state index is 11.5. The predicted molar refractivity (Wildman–Crippen MR) is 59.2 cm³/mol. The molecule has 0 spiro atoms. The van der Waals surface area contributed by atoms with Crippen LogP contribution in [0.25, 0.3) is 0 Å². The van der Waals surface area contributed by atoms with E-state index in [0.29, 0.717) is 11.4 Å². The van der Waals surface area contributed by atoms with Gasteiger partial charge in [-0.1, -0.05) is 12.2 Å². The number of nitrogens with zero attached hydrogens (tertiary/aromatic N) is 2. The van der Waals surface area contributed by atoms with Gasteiger partial charge in [0, 0.05) is 18.7 Å². The van der Waals surface area contributed by atoms with Gasteiger partial charge in [0.25, 0.3) is 5.56 Å². The van der Waals surface area contributed by atoms with Crippen molar-refractivity contribution < 1.29 is 0 Å². The largest absolute Gasteiger partial charge is 0.393 e. The average Bonchev–Trinajstić information content (AvgIpc) is 2.02. The molecule has 1 rings (SSSR count). The third-order valence-corrected chi connectivity index (χ3v) is 2.04. The smallest absolute Gasteiger partial charge is 0.267 e. The number of aromatic nitrogens is 2. The van der Waals surface area contributed by atoms with Crippen LogP contribution in [0.1, 0.15) is 20.3 Å². The van der Waals surface area contributed by atoms with Crippen LogP contribution in [0.4, 0.5) is 0 Å². The summed E-state index contributed by atoms with van der Waals surface area (Å²) in [6, 6.07) is 3.07. The number of rotatable bonds is 3. The third-order valence-electron chi connectivity index (χ3n) is 1.90. The second-order valence-electron chi connectivity index (χ2n) is 3.73. The second kappa shape index (κ2) is 3.88. The molecule has 2 N–H and O–H groups in total. The predicted octanol–water partition coefficient (Wildman–Crippen LogP) is 0.655. The van der Waals surface area contributed by atoms with Gasteiger partial charge in [0.1, 0.15) is 0 Å². The van der Waals surface area contributed by atoms with Crippen LogP contribution < -0.4 is 11.3 Å². The summed E-state index contributed by atoms with van der Waals surface area (Å²) in [4.78, 5) is 11.8. The Morgan fingerprint density at radius 1 is 1.71 bits per heavy atom. The van der Waals surface area contributed by atoms with Crippen LogP contribution in [0, 0.1) is 0 Å². The van der Waals surface area contributed by atoms with E-state index in [1.54, 1.807) is 12.3 Å². The van der Waals surface area contributed by atoms with Crippen molar-refractivity contribution in [3.63, 3.8) is 0 Å². The van der Waals surface area contributed by atoms with Crippen molar-refractivity contribution in [2.45, 2.75) is 25.8 Å². The van der Waals surface area contributed by atoms with Gasteiger partial charge in [-0.2, -0.15) is 5.10 Å². The van der Waals surface area contributed by atoms with Crippen molar-refractivity contribution in [3.8, 4) is 0 Å². The highest BCUT2D eigenvalue weighted by atomic mass is 32.1. The first-order valence-corrected chi connectivity index (χ1v) is 4.67. The molecule has 0 aliphatic heterocycles. The number of hydrogen-bond donors (Lipinski definition) is 1. The molecule has 1 aromatic heterocycles. The van der Waals surface area contributed by atoms with Crippen LogP contribution in [-0.4, -0.2) is 14.8 Å². The van der Waals surface area contributed by atoms with E-state index in [0.717, 1.165) is 0 Å². The lowest BCUT2D eigenvalue weighted by molar-refractivity contribution is 0.316. The monoisotopic (exact) mass is 211 g/mol. The summed E-state index contributed by atoms with van der Waals surface area (Å²) in [5.41, 5.74) is 4.84. The van der Waals surface area contributed by atoms with Crippen LogP contribution in [0.3, 0.4) is 0 Å². The number of nitrogens with two attached hydrogens (primary N) is 1. The first-order chi connectivity index (χ1) is 6.43. The van der Waals surface area contributed by atoms with Crippen molar-refractivity contribution in [2.24, 2.45) is 5.73 Å². The van der Waals surface area contributed by atoms with Crippen LogP contribution in [0.5, 0.6) is 0 Å². The minimum atomic E-state index is -0.468. The summed E-state index contributed by atoms with van der Waals surface area (Å²) >= 11 is 4.82. The molecule has 0 aliphatic carbocycles. The Kier molecular flexibility index (Phi) is 3.00. The van der Waals surface area contributed by atoms with Gasteiger partial charge in [-0.15, -0.1) is 0 Å². The van der Waals surface area contributed by atoms with Crippen molar-refractivity contribution in [1.29, 1.82) is 0 Å². The van der Waals surface area contributed by atoms with E-state index >= 15 is 0 Å². The molecule has 0 fully saturated rings. The van der Waals surface area contributed by atoms with E-state index in [1.807, 2.05) is 13.8 Å². The molecule has 0 saturated heterocycles. The first kappa shape index (κ1) is 10.8. The zero-order valence-electron chi connectivity index (χ0n) is 8.23. The molecule has 1 heterocycles. The zero-order valence-corrected chi connectivity index (χ0v) is 9.04. The van der Waals surface area contributed by atoms with Crippen LogP contribution in [0.15, 0.2) is 23.1 Å². The quantitative estimate of drug-likeness (QED) is 0.746. The topological polar surface area (TPSA) is 60.9 Å². The van der Waals surface area contributed by atoms with Gasteiger partial charge in [0.15, 0.2) is 0 Å². The highest BCUT2D eigenvalue weighted by Crippen LogP contribution is 2.15. The van der Waals surface area contributed by atoms with Gasteiger partial charge in [0.2, 0.25) is 0 Å². The molecule has 76 valence electrons. The zero-order chi connectivity index (χ0) is 10.8. The van der Waals surface area contributed by atoms with Gasteiger partial charge in [-0.05, 0) is 19.9 Å². The van der Waals surface area contributed by atoms with Crippen molar-refractivity contribution in [1.82, 2.24) is 9.78 Å². The van der Waals surface area contributed by atoms with E-state index < -0.39 is 5.54 Å². The van der Waals surface area contributed by atoms with Gasteiger partial charge >= 0.3 is 0 Å². The lowest BCUT2D eigenvalue weighted by Crippen LogP contribution is -2.40. The van der Waals surface area contributed by atoms with E-state index in [4.69, 9.17) is 18.0 Å². The number of hydrogen-bond acceptors (Lipinski definition) is 3. The molecule has 5 heteroatoms. The lowest BCUT2D eigenvalue weighted by atomic mass is 10.0. The third kappa shape index (κ3) is 2.38. The van der Waals surface area contributed by atoms with E-state index in [9.17, 15) is 4.79 Å². The summed E-state index contributed by atoms with van der Waals surface area (Å²) in [6.07, 6.45) is 2.03. The Labute approximate surface area is 87.7 Å². The van der Waals surface area contributed by atoms with Crippen molar-refractivity contribution >= 4 is 17.2 Å². The fourth-order valence-corrected chi connectivity index (χ4v) is 1.67. The first-order valence-electron chi connectivity index (χ1n) is 4.26. The number of thiocarbonyl (C=S) groups is 1. The Balaban J connectivity index is 3.09. The Morgan fingerprint density at radius 2 is 2.36 bits per heavy atom. The van der Waals surface area contributed by atoms with Gasteiger partial charge in [-0.3, -0.25) is 4.79 Å². The van der Waals surface area contributed by atoms with Gasteiger partial charge < -0.3 is 5.73 Å². The summed E-state index contributed by atoms with van der Waals surface area (Å²) < 4.78 is 1.40. The molecular formula is C9H13N3OS. The molecule has 0 radical (unpaired) electrons. The average molecular weight is 211 g/mol. The van der Waals surface area contributed by atoms with Gasteiger partial charge in [-0.25, -0.2) is 4.68 Å². The summed E-state index contributed by atoms with van der Waals surface area (Å²) in [6.45, 7) is 3.75. The molecule has 0 bridgehead atoms. The molecular weight excluding hydrogens is 198 g/mol. The van der Waals surface area contributed by atoms with Crippen molar-refractivity contribution in [3.05, 3.63) is 28.7 Å². The Hall–Kier alpha value is -1.23. The fraction of sp³-hybridized carbons (Fsp3) is 0.444. The molecule has 0 saturated carbocycles. The van der Waals surface area contributed by atoms with E-state index in [-0.39, 0.29) is 5.56 Å². The van der Waals surface area contributed by atoms with Crippen LogP contribution in [-0.2, 0) is 5.54 Å². The highest BCUT2D eigenvalue weighted by Gasteiger charge is 2.23. The van der Waals surface area contributed by atoms with Crippen molar-refractivity contribution in [2.75, 3.05) is 0 Å². The van der Waals surface area contributed by atoms with Crippen LogP contribution in [0.2, 0.25) is 0 Å². The Morgan fingerprint density at radius 3 is 2.86 bits per heavy atom. The molecule has 0 aromatic carbocycles.